The molecule has 0 saturated carbocycles. The molecule has 3 aromatic carbocycles. The van der Waals surface area contributed by atoms with Gasteiger partial charge in [-0.2, -0.15) is 0 Å². The average Bonchev–Trinajstić information content (AvgIpc) is 2.90. The van der Waals surface area contributed by atoms with Gasteiger partial charge in [0.05, 0.1) is 0 Å². The van der Waals surface area contributed by atoms with E-state index in [1.54, 1.807) is 16.7 Å². The molecule has 0 fully saturated rings. The van der Waals surface area contributed by atoms with Crippen molar-refractivity contribution in [3.05, 3.63) is 101 Å². The molecule has 0 saturated heterocycles. The number of hydrogen-bond donors (Lipinski definition) is 1. The Bertz CT molecular complexity index is 1140. The lowest BCUT2D eigenvalue weighted by Gasteiger charge is -2.32. The average molecular weight is 537 g/mol. The first kappa shape index (κ1) is 28.8. The third-order valence-electron chi connectivity index (χ3n) is 6.32. The molecule has 2 atom stereocenters. The summed E-state index contributed by atoms with van der Waals surface area (Å²) >= 11 is 7.70. The van der Waals surface area contributed by atoms with Gasteiger partial charge in [-0.15, -0.1) is 11.8 Å². The summed E-state index contributed by atoms with van der Waals surface area (Å²) in [5, 5.41) is 3.84. The van der Waals surface area contributed by atoms with Gasteiger partial charge in [-0.1, -0.05) is 78.7 Å². The van der Waals surface area contributed by atoms with Crippen molar-refractivity contribution in [3.63, 3.8) is 0 Å². The Kier molecular flexibility index (Phi) is 11.6. The van der Waals surface area contributed by atoms with E-state index in [2.05, 4.69) is 11.4 Å². The van der Waals surface area contributed by atoms with Crippen molar-refractivity contribution in [1.82, 2.24) is 10.2 Å². The van der Waals surface area contributed by atoms with Crippen LogP contribution in [-0.4, -0.2) is 34.6 Å². The molecule has 0 heterocycles. The maximum absolute atomic E-state index is 13.7. The summed E-state index contributed by atoms with van der Waals surface area (Å²) in [7, 11) is 0. The quantitative estimate of drug-likeness (QED) is 0.188. The molecule has 37 heavy (non-hydrogen) atoms. The molecule has 3 aromatic rings. The Morgan fingerprint density at radius 1 is 0.973 bits per heavy atom. The van der Waals surface area contributed by atoms with Crippen LogP contribution in [0.3, 0.4) is 0 Å². The van der Waals surface area contributed by atoms with Crippen molar-refractivity contribution < 1.29 is 9.59 Å². The predicted octanol–water partition coefficient (Wildman–Crippen LogP) is 7.08. The maximum atomic E-state index is 13.7. The second kappa shape index (κ2) is 14.8. The minimum Gasteiger partial charge on any atom is -0.352 e. The third kappa shape index (κ3) is 9.56. The van der Waals surface area contributed by atoms with Crippen molar-refractivity contribution in [3.8, 4) is 0 Å². The first-order chi connectivity index (χ1) is 17.9. The molecule has 4 nitrogen and oxygen atoms in total. The van der Waals surface area contributed by atoms with Crippen LogP contribution in [0.15, 0.2) is 83.8 Å². The van der Waals surface area contributed by atoms with Gasteiger partial charge in [-0.3, -0.25) is 9.59 Å². The molecule has 3 rings (SSSR count). The number of thioether (sulfide) groups is 1. The van der Waals surface area contributed by atoms with E-state index in [0.717, 1.165) is 40.2 Å². The molecular weight excluding hydrogens is 500 g/mol. The minimum atomic E-state index is -0.590. The molecule has 0 aliphatic rings. The third-order valence-corrected chi connectivity index (χ3v) is 7.68. The van der Waals surface area contributed by atoms with Gasteiger partial charge in [-0.25, -0.2) is 0 Å². The summed E-state index contributed by atoms with van der Waals surface area (Å²) in [6.45, 7) is 6.49. The van der Waals surface area contributed by atoms with E-state index in [1.807, 2.05) is 93.6 Å². The molecule has 0 unspecified atom stereocenters. The highest BCUT2D eigenvalue weighted by molar-refractivity contribution is 7.99. The number of aryl methyl sites for hydroxylation is 1. The fraction of sp³-hybridized carbons (Fsp3) is 0.355. The number of carbonyl (C=O) groups is 2. The van der Waals surface area contributed by atoms with Crippen LogP contribution in [-0.2, 0) is 22.6 Å². The lowest BCUT2D eigenvalue weighted by molar-refractivity contribution is -0.141. The van der Waals surface area contributed by atoms with Crippen molar-refractivity contribution in [2.75, 3.05) is 5.75 Å². The second-order valence-corrected chi connectivity index (χ2v) is 11.0. The molecule has 0 aliphatic heterocycles. The van der Waals surface area contributed by atoms with E-state index in [-0.39, 0.29) is 17.9 Å². The molecule has 196 valence electrons. The van der Waals surface area contributed by atoms with E-state index < -0.39 is 6.04 Å². The minimum absolute atomic E-state index is 0.00144. The Hall–Kier alpha value is -2.76. The summed E-state index contributed by atoms with van der Waals surface area (Å²) in [5.74, 6) is 0.710. The van der Waals surface area contributed by atoms with Gasteiger partial charge in [0.1, 0.15) is 6.04 Å². The number of hydrogen-bond acceptors (Lipinski definition) is 3. The Morgan fingerprint density at radius 2 is 1.68 bits per heavy atom. The van der Waals surface area contributed by atoms with Gasteiger partial charge in [0, 0.05) is 35.3 Å². The standard InChI is InChI=1S/C31H37ClN2O2S/c1-4-24(3)33-31(36)29(21-25-11-6-5-7-12-25)34(22-26-13-8-10-23(2)20-26)30(35)14-9-19-37-28-17-15-27(32)16-18-28/h5-8,10-13,15-18,20,24,29H,4,9,14,19,21-22H2,1-3H3,(H,33,36)/t24-,29+/m1/s1. The number of amides is 2. The number of nitrogens with zero attached hydrogens (tertiary/aromatic N) is 1. The van der Waals surface area contributed by atoms with E-state index in [0.29, 0.717) is 24.4 Å². The monoisotopic (exact) mass is 536 g/mol. The molecule has 0 aliphatic carbocycles. The maximum Gasteiger partial charge on any atom is 0.243 e. The Balaban J connectivity index is 1.79. The number of rotatable bonds is 13. The van der Waals surface area contributed by atoms with Crippen molar-refractivity contribution in [2.24, 2.45) is 0 Å². The zero-order valence-corrected chi connectivity index (χ0v) is 23.5. The normalized spacial score (nSPS) is 12.5. The highest BCUT2D eigenvalue weighted by Gasteiger charge is 2.30. The molecule has 0 bridgehead atoms. The number of nitrogens with one attached hydrogen (secondary N) is 1. The topological polar surface area (TPSA) is 49.4 Å². The smallest absolute Gasteiger partial charge is 0.243 e. The number of benzene rings is 3. The highest BCUT2D eigenvalue weighted by Crippen LogP contribution is 2.23. The van der Waals surface area contributed by atoms with Crippen LogP contribution in [0.1, 0.15) is 49.8 Å². The molecule has 0 radical (unpaired) electrons. The molecule has 6 heteroatoms. The zero-order valence-electron chi connectivity index (χ0n) is 22.0. The Morgan fingerprint density at radius 3 is 2.35 bits per heavy atom. The van der Waals surface area contributed by atoms with Crippen LogP contribution in [0, 0.1) is 6.92 Å². The number of halogens is 1. The molecular formula is C31H37ClN2O2S. The summed E-state index contributed by atoms with van der Waals surface area (Å²) in [6, 6.07) is 25.3. The first-order valence-electron chi connectivity index (χ1n) is 12.9. The number of carbonyl (C=O) groups excluding carboxylic acids is 2. The van der Waals surface area contributed by atoms with Gasteiger partial charge < -0.3 is 10.2 Å². The van der Waals surface area contributed by atoms with Crippen LogP contribution in [0.5, 0.6) is 0 Å². The summed E-state index contributed by atoms with van der Waals surface area (Å²) in [4.78, 5) is 30.2. The van der Waals surface area contributed by atoms with Crippen LogP contribution < -0.4 is 5.32 Å². The largest absolute Gasteiger partial charge is 0.352 e. The van der Waals surface area contributed by atoms with Crippen LogP contribution >= 0.6 is 23.4 Å². The lowest BCUT2D eigenvalue weighted by atomic mass is 10.0. The zero-order chi connectivity index (χ0) is 26.6. The second-order valence-electron chi connectivity index (χ2n) is 9.44. The van der Waals surface area contributed by atoms with Crippen molar-refractivity contribution >= 4 is 35.2 Å². The molecule has 2 amide bonds. The van der Waals surface area contributed by atoms with Crippen LogP contribution in [0.2, 0.25) is 5.02 Å². The molecule has 0 spiro atoms. The van der Waals surface area contributed by atoms with Crippen LogP contribution in [0.4, 0.5) is 0 Å². The molecule has 0 aromatic heterocycles. The van der Waals surface area contributed by atoms with E-state index in [4.69, 9.17) is 11.6 Å². The highest BCUT2D eigenvalue weighted by atomic mass is 35.5. The van der Waals surface area contributed by atoms with E-state index in [9.17, 15) is 9.59 Å². The fourth-order valence-electron chi connectivity index (χ4n) is 4.09. The van der Waals surface area contributed by atoms with Gasteiger partial charge in [0.2, 0.25) is 11.8 Å². The summed E-state index contributed by atoms with van der Waals surface area (Å²) < 4.78 is 0. The van der Waals surface area contributed by atoms with Gasteiger partial charge in [-0.05, 0) is 67.8 Å². The van der Waals surface area contributed by atoms with E-state index in [1.165, 1.54) is 0 Å². The van der Waals surface area contributed by atoms with Crippen LogP contribution in [0.25, 0.3) is 0 Å². The van der Waals surface area contributed by atoms with Crippen molar-refractivity contribution in [2.45, 2.75) is 70.0 Å². The summed E-state index contributed by atoms with van der Waals surface area (Å²) in [5.41, 5.74) is 3.19. The molecule has 1 N–H and O–H groups in total. The lowest BCUT2D eigenvalue weighted by Crippen LogP contribution is -2.52. The first-order valence-corrected chi connectivity index (χ1v) is 14.3. The van der Waals surface area contributed by atoms with E-state index >= 15 is 0 Å². The van der Waals surface area contributed by atoms with Gasteiger partial charge in [0.25, 0.3) is 0 Å². The van der Waals surface area contributed by atoms with Crippen molar-refractivity contribution in [1.29, 1.82) is 0 Å². The summed E-state index contributed by atoms with van der Waals surface area (Å²) in [6.07, 6.45) is 2.41. The predicted molar refractivity (Wildman–Crippen MR) is 155 cm³/mol. The Labute approximate surface area is 230 Å². The van der Waals surface area contributed by atoms with Gasteiger partial charge in [0.15, 0.2) is 0 Å². The fourth-order valence-corrected chi connectivity index (χ4v) is 5.07. The SMILES string of the molecule is CC[C@@H](C)NC(=O)[C@H](Cc1ccccc1)N(Cc1cccc(C)c1)C(=O)CCCSc1ccc(Cl)cc1. The van der Waals surface area contributed by atoms with Gasteiger partial charge >= 0.3 is 0 Å².